The normalized spacial score (nSPS) is 16.0. The monoisotopic (exact) mass is 356 g/mol. The molecular weight excluding hydrogens is 328 g/mol. The molecule has 1 aromatic carbocycles. The lowest BCUT2D eigenvalue weighted by atomic mass is 9.87. The summed E-state index contributed by atoms with van der Waals surface area (Å²) in [5.41, 5.74) is 3.53. The first-order valence-corrected chi connectivity index (χ1v) is 9.38. The summed E-state index contributed by atoms with van der Waals surface area (Å²) in [4.78, 5) is 14.6. The van der Waals surface area contributed by atoms with Gasteiger partial charge in [-0.15, -0.1) is 0 Å². The molecule has 1 atom stereocenters. The molecule has 140 valence electrons. The Hall–Kier alpha value is -2.50. The third-order valence-corrected chi connectivity index (χ3v) is 5.02. The third-order valence-electron chi connectivity index (χ3n) is 5.02. The number of hydrogen-bond acceptors (Lipinski definition) is 3. The third kappa shape index (κ3) is 4.00. The SMILES string of the molecule is CCN(Cc1cnn(CC)c1)C(=O)NC1CCCc2cc(OC)ccc21. The van der Waals surface area contributed by atoms with Crippen LogP contribution >= 0.6 is 0 Å². The van der Waals surface area contributed by atoms with Crippen molar-refractivity contribution in [2.75, 3.05) is 13.7 Å². The molecule has 0 saturated carbocycles. The Morgan fingerprint density at radius 3 is 2.96 bits per heavy atom. The molecule has 26 heavy (non-hydrogen) atoms. The average Bonchev–Trinajstić information content (AvgIpc) is 3.13. The van der Waals surface area contributed by atoms with Crippen LogP contribution in [0.15, 0.2) is 30.6 Å². The molecule has 0 fully saturated rings. The number of nitrogens with one attached hydrogen (secondary N) is 1. The second-order valence-corrected chi connectivity index (χ2v) is 6.68. The molecule has 6 heteroatoms. The maximum absolute atomic E-state index is 12.8. The van der Waals surface area contributed by atoms with Gasteiger partial charge in [0, 0.05) is 24.8 Å². The van der Waals surface area contributed by atoms with Crippen molar-refractivity contribution < 1.29 is 9.53 Å². The molecule has 1 aromatic heterocycles. The van der Waals surface area contributed by atoms with Gasteiger partial charge in [0.15, 0.2) is 0 Å². The second kappa shape index (κ2) is 8.25. The van der Waals surface area contributed by atoms with Gasteiger partial charge in [-0.2, -0.15) is 5.10 Å². The van der Waals surface area contributed by atoms with Crippen LogP contribution in [0.2, 0.25) is 0 Å². The zero-order valence-corrected chi connectivity index (χ0v) is 15.9. The lowest BCUT2D eigenvalue weighted by Crippen LogP contribution is -2.42. The number of benzene rings is 1. The summed E-state index contributed by atoms with van der Waals surface area (Å²) in [7, 11) is 1.68. The summed E-state index contributed by atoms with van der Waals surface area (Å²) in [5, 5.41) is 7.51. The smallest absolute Gasteiger partial charge is 0.318 e. The number of hydrogen-bond donors (Lipinski definition) is 1. The number of amides is 2. The van der Waals surface area contributed by atoms with Crippen LogP contribution in [-0.4, -0.2) is 34.4 Å². The Kier molecular flexibility index (Phi) is 5.81. The number of aromatic nitrogens is 2. The minimum atomic E-state index is -0.0228. The summed E-state index contributed by atoms with van der Waals surface area (Å²) in [5.74, 6) is 0.874. The van der Waals surface area contributed by atoms with Crippen LogP contribution in [-0.2, 0) is 19.5 Å². The van der Waals surface area contributed by atoms with E-state index in [-0.39, 0.29) is 12.1 Å². The summed E-state index contributed by atoms with van der Waals surface area (Å²) in [6.07, 6.45) is 6.91. The molecule has 0 saturated heterocycles. The number of rotatable bonds is 6. The largest absolute Gasteiger partial charge is 0.497 e. The number of ether oxygens (including phenoxy) is 1. The van der Waals surface area contributed by atoms with Gasteiger partial charge in [-0.1, -0.05) is 6.07 Å². The van der Waals surface area contributed by atoms with E-state index < -0.39 is 0 Å². The predicted molar refractivity (Wildman–Crippen MR) is 101 cm³/mol. The van der Waals surface area contributed by atoms with Gasteiger partial charge in [0.05, 0.1) is 25.9 Å². The summed E-state index contributed by atoms with van der Waals surface area (Å²) in [6, 6.07) is 6.18. The van der Waals surface area contributed by atoms with Crippen molar-refractivity contribution in [3.05, 3.63) is 47.3 Å². The van der Waals surface area contributed by atoms with Crippen molar-refractivity contribution >= 4 is 6.03 Å². The number of aryl methyl sites for hydroxylation is 2. The lowest BCUT2D eigenvalue weighted by Gasteiger charge is -2.29. The van der Waals surface area contributed by atoms with Crippen LogP contribution in [0.3, 0.4) is 0 Å². The van der Waals surface area contributed by atoms with E-state index in [1.54, 1.807) is 7.11 Å². The van der Waals surface area contributed by atoms with Crippen molar-refractivity contribution in [1.29, 1.82) is 0 Å². The van der Waals surface area contributed by atoms with Crippen molar-refractivity contribution in [3.63, 3.8) is 0 Å². The number of carbonyl (C=O) groups excluding carboxylic acids is 1. The Labute approximate surface area is 155 Å². The zero-order chi connectivity index (χ0) is 18.5. The molecule has 2 amide bonds. The number of nitrogens with zero attached hydrogens (tertiary/aromatic N) is 3. The Morgan fingerprint density at radius 2 is 2.27 bits per heavy atom. The van der Waals surface area contributed by atoms with Crippen LogP contribution in [0.4, 0.5) is 4.79 Å². The zero-order valence-electron chi connectivity index (χ0n) is 15.9. The molecule has 1 unspecified atom stereocenters. The highest BCUT2D eigenvalue weighted by molar-refractivity contribution is 5.75. The van der Waals surface area contributed by atoms with E-state index in [0.29, 0.717) is 13.1 Å². The highest BCUT2D eigenvalue weighted by Crippen LogP contribution is 2.32. The minimum Gasteiger partial charge on any atom is -0.497 e. The highest BCUT2D eigenvalue weighted by Gasteiger charge is 2.24. The molecule has 0 spiro atoms. The number of fused-ring (bicyclic) bond motifs is 1. The Balaban J connectivity index is 1.68. The van der Waals surface area contributed by atoms with Crippen molar-refractivity contribution in [2.45, 2.75) is 52.2 Å². The first-order chi connectivity index (χ1) is 12.6. The van der Waals surface area contributed by atoms with Gasteiger partial charge in [-0.05, 0) is 56.4 Å². The van der Waals surface area contributed by atoms with Gasteiger partial charge in [0.1, 0.15) is 5.75 Å². The van der Waals surface area contributed by atoms with Crippen LogP contribution in [0.1, 0.15) is 49.4 Å². The molecule has 1 heterocycles. The Morgan fingerprint density at radius 1 is 1.42 bits per heavy atom. The maximum Gasteiger partial charge on any atom is 0.318 e. The van der Waals surface area contributed by atoms with E-state index in [0.717, 1.165) is 37.1 Å². The first kappa shape index (κ1) is 18.3. The van der Waals surface area contributed by atoms with E-state index in [2.05, 4.69) is 29.5 Å². The molecule has 2 aromatic rings. The fourth-order valence-corrected chi connectivity index (χ4v) is 3.52. The van der Waals surface area contributed by atoms with E-state index in [1.807, 2.05) is 35.0 Å². The van der Waals surface area contributed by atoms with Gasteiger partial charge in [-0.3, -0.25) is 4.68 Å². The van der Waals surface area contributed by atoms with Gasteiger partial charge in [-0.25, -0.2) is 4.79 Å². The number of urea groups is 1. The van der Waals surface area contributed by atoms with Crippen LogP contribution < -0.4 is 10.1 Å². The average molecular weight is 356 g/mol. The van der Waals surface area contributed by atoms with Gasteiger partial charge in [0.2, 0.25) is 0 Å². The summed E-state index contributed by atoms with van der Waals surface area (Å²) < 4.78 is 7.21. The first-order valence-electron chi connectivity index (χ1n) is 9.38. The van der Waals surface area contributed by atoms with Crippen LogP contribution in [0, 0.1) is 0 Å². The molecule has 0 aliphatic heterocycles. The predicted octanol–water partition coefficient (Wildman–Crippen LogP) is 3.52. The van der Waals surface area contributed by atoms with Crippen molar-refractivity contribution in [1.82, 2.24) is 20.0 Å². The molecule has 6 nitrogen and oxygen atoms in total. The van der Waals surface area contributed by atoms with Gasteiger partial charge >= 0.3 is 6.03 Å². The second-order valence-electron chi connectivity index (χ2n) is 6.68. The number of carbonyl (C=O) groups is 1. The molecule has 3 rings (SSSR count). The fraction of sp³-hybridized carbons (Fsp3) is 0.500. The summed E-state index contributed by atoms with van der Waals surface area (Å²) >= 11 is 0. The van der Waals surface area contributed by atoms with Crippen LogP contribution in [0.25, 0.3) is 0 Å². The molecule has 0 radical (unpaired) electrons. The molecule has 1 N–H and O–H groups in total. The minimum absolute atomic E-state index is 0.0228. The number of methoxy groups -OCH3 is 1. The van der Waals surface area contributed by atoms with Crippen molar-refractivity contribution in [2.24, 2.45) is 0 Å². The van der Waals surface area contributed by atoms with E-state index in [1.165, 1.54) is 11.1 Å². The maximum atomic E-state index is 12.8. The quantitative estimate of drug-likeness (QED) is 0.861. The molecular formula is C20H28N4O2. The standard InChI is InChI=1S/C20H28N4O2/c1-4-23(13-15-12-21-24(5-2)14-15)20(25)22-19-8-6-7-16-11-17(26-3)9-10-18(16)19/h9-12,14,19H,4-8,13H2,1-3H3,(H,22,25). The molecule has 1 aliphatic rings. The fourth-order valence-electron chi connectivity index (χ4n) is 3.52. The lowest BCUT2D eigenvalue weighted by molar-refractivity contribution is 0.192. The molecule has 1 aliphatic carbocycles. The summed E-state index contributed by atoms with van der Waals surface area (Å²) in [6.45, 7) is 6.12. The molecule has 0 bridgehead atoms. The van der Waals surface area contributed by atoms with Crippen molar-refractivity contribution in [3.8, 4) is 5.75 Å². The van der Waals surface area contributed by atoms with Crippen LogP contribution in [0.5, 0.6) is 5.75 Å². The highest BCUT2D eigenvalue weighted by atomic mass is 16.5. The van der Waals surface area contributed by atoms with Gasteiger partial charge < -0.3 is 15.0 Å². The van der Waals surface area contributed by atoms with Gasteiger partial charge in [0.25, 0.3) is 0 Å². The van der Waals surface area contributed by atoms with E-state index in [9.17, 15) is 4.79 Å². The van der Waals surface area contributed by atoms with E-state index in [4.69, 9.17) is 4.74 Å². The topological polar surface area (TPSA) is 59.4 Å². The van der Waals surface area contributed by atoms with E-state index >= 15 is 0 Å². The Bertz CT molecular complexity index is 756.